The monoisotopic (exact) mass is 215 g/mol. The molecule has 0 amide bonds. The zero-order valence-corrected chi connectivity index (χ0v) is 9.56. The first-order valence-electron chi connectivity index (χ1n) is 5.99. The maximum absolute atomic E-state index is 5.66. The first-order valence-corrected chi connectivity index (χ1v) is 5.99. The van der Waals surface area contributed by atoms with E-state index in [9.17, 15) is 0 Å². The molecule has 2 aliphatic rings. The maximum atomic E-state index is 5.66. The third kappa shape index (κ3) is 1.55. The number of hydrogen-bond donors (Lipinski definition) is 1. The van der Waals surface area contributed by atoms with Gasteiger partial charge in [-0.05, 0) is 37.7 Å². The van der Waals surface area contributed by atoms with Crippen LogP contribution in [-0.4, -0.2) is 9.97 Å². The second kappa shape index (κ2) is 3.67. The molecule has 3 atom stereocenters. The van der Waals surface area contributed by atoms with E-state index in [1.165, 1.54) is 18.5 Å². The molecule has 1 aromatic heterocycles. The number of aryl methyl sites for hydroxylation is 1. The molecular weight excluding hydrogens is 198 g/mol. The van der Waals surface area contributed by atoms with Crippen LogP contribution in [0.15, 0.2) is 18.2 Å². The molecule has 1 heterocycles. The SMILES string of the molecule is Cc1nc(CN)cc(C2CC3C=CC2C3)n1. The first-order chi connectivity index (χ1) is 7.76. The van der Waals surface area contributed by atoms with Crippen molar-refractivity contribution in [1.29, 1.82) is 0 Å². The third-order valence-electron chi connectivity index (χ3n) is 3.78. The lowest BCUT2D eigenvalue weighted by Gasteiger charge is -2.18. The Kier molecular flexibility index (Phi) is 2.28. The normalized spacial score (nSPS) is 31.2. The number of nitrogens with two attached hydrogens (primary N) is 1. The van der Waals surface area contributed by atoms with E-state index < -0.39 is 0 Å². The van der Waals surface area contributed by atoms with Crippen molar-refractivity contribution >= 4 is 0 Å². The molecule has 2 N–H and O–H groups in total. The van der Waals surface area contributed by atoms with Gasteiger partial charge in [0.25, 0.3) is 0 Å². The van der Waals surface area contributed by atoms with Crippen LogP contribution in [0.25, 0.3) is 0 Å². The lowest BCUT2D eigenvalue weighted by Crippen LogP contribution is -2.11. The fraction of sp³-hybridized carbons (Fsp3) is 0.538. The summed E-state index contributed by atoms with van der Waals surface area (Å²) in [5.41, 5.74) is 7.82. The predicted octanol–water partition coefficient (Wildman–Crippen LogP) is 1.92. The number of nitrogens with zero attached hydrogens (tertiary/aromatic N) is 2. The molecule has 1 aromatic rings. The molecule has 3 rings (SSSR count). The van der Waals surface area contributed by atoms with Crippen LogP contribution in [0.1, 0.15) is 36.0 Å². The zero-order chi connectivity index (χ0) is 11.1. The van der Waals surface area contributed by atoms with Crippen molar-refractivity contribution < 1.29 is 0 Å². The van der Waals surface area contributed by atoms with E-state index >= 15 is 0 Å². The van der Waals surface area contributed by atoms with Crippen molar-refractivity contribution in [2.45, 2.75) is 32.2 Å². The van der Waals surface area contributed by atoms with E-state index in [0.717, 1.165) is 17.4 Å². The topological polar surface area (TPSA) is 51.8 Å². The van der Waals surface area contributed by atoms with Gasteiger partial charge < -0.3 is 5.73 Å². The minimum absolute atomic E-state index is 0.507. The molecular formula is C13H17N3. The molecule has 0 aromatic carbocycles. The fourth-order valence-corrected chi connectivity index (χ4v) is 3.07. The highest BCUT2D eigenvalue weighted by atomic mass is 14.9. The molecule has 0 saturated heterocycles. The summed E-state index contributed by atoms with van der Waals surface area (Å²) in [6.45, 7) is 2.46. The van der Waals surface area contributed by atoms with Gasteiger partial charge in [-0.25, -0.2) is 9.97 Å². The molecule has 2 aliphatic carbocycles. The highest BCUT2D eigenvalue weighted by molar-refractivity contribution is 5.24. The number of rotatable bonds is 2. The molecule has 2 bridgehead atoms. The fourth-order valence-electron chi connectivity index (χ4n) is 3.07. The molecule has 0 aliphatic heterocycles. The Labute approximate surface area is 95.8 Å². The molecule has 0 radical (unpaired) electrons. The number of allylic oxidation sites excluding steroid dienone is 2. The summed E-state index contributed by atoms with van der Waals surface area (Å²) < 4.78 is 0. The quantitative estimate of drug-likeness (QED) is 0.767. The van der Waals surface area contributed by atoms with Crippen molar-refractivity contribution in [3.8, 4) is 0 Å². The van der Waals surface area contributed by atoms with E-state index in [0.29, 0.717) is 18.4 Å². The minimum atomic E-state index is 0.507. The van der Waals surface area contributed by atoms with Gasteiger partial charge in [0, 0.05) is 18.2 Å². The van der Waals surface area contributed by atoms with Gasteiger partial charge in [-0.3, -0.25) is 0 Å². The number of fused-ring (bicyclic) bond motifs is 2. The van der Waals surface area contributed by atoms with Crippen LogP contribution in [0.5, 0.6) is 0 Å². The predicted molar refractivity (Wildman–Crippen MR) is 62.8 cm³/mol. The van der Waals surface area contributed by atoms with Gasteiger partial charge in [-0.2, -0.15) is 0 Å². The van der Waals surface area contributed by atoms with E-state index in [-0.39, 0.29) is 0 Å². The van der Waals surface area contributed by atoms with Crippen LogP contribution in [0.2, 0.25) is 0 Å². The van der Waals surface area contributed by atoms with Crippen LogP contribution in [0.4, 0.5) is 0 Å². The standard InChI is InChI=1S/C13H17N3/c1-8-15-11(7-14)6-13(16-8)12-5-9-2-3-10(12)4-9/h2-3,6,9-10,12H,4-5,7,14H2,1H3. The van der Waals surface area contributed by atoms with Gasteiger partial charge in [0.05, 0.1) is 5.69 Å². The van der Waals surface area contributed by atoms with Gasteiger partial charge in [0.2, 0.25) is 0 Å². The van der Waals surface area contributed by atoms with E-state index in [1.807, 2.05) is 6.92 Å². The number of hydrogen-bond acceptors (Lipinski definition) is 3. The second-order valence-electron chi connectivity index (χ2n) is 4.92. The summed E-state index contributed by atoms with van der Waals surface area (Å²) in [4.78, 5) is 8.91. The van der Waals surface area contributed by atoms with Crippen LogP contribution < -0.4 is 5.73 Å². The molecule has 0 spiro atoms. The van der Waals surface area contributed by atoms with Crippen molar-refractivity contribution in [2.75, 3.05) is 0 Å². The Balaban J connectivity index is 1.94. The summed E-state index contributed by atoms with van der Waals surface area (Å²) >= 11 is 0. The van der Waals surface area contributed by atoms with E-state index in [4.69, 9.17) is 5.73 Å². The van der Waals surface area contributed by atoms with Crippen molar-refractivity contribution in [2.24, 2.45) is 17.6 Å². The van der Waals surface area contributed by atoms with Crippen LogP contribution >= 0.6 is 0 Å². The molecule has 16 heavy (non-hydrogen) atoms. The second-order valence-corrected chi connectivity index (χ2v) is 4.92. The molecule has 3 nitrogen and oxygen atoms in total. The average Bonchev–Trinajstić information content (AvgIpc) is 2.89. The highest BCUT2D eigenvalue weighted by Crippen LogP contribution is 2.48. The van der Waals surface area contributed by atoms with E-state index in [1.54, 1.807) is 0 Å². The number of aromatic nitrogens is 2. The lowest BCUT2D eigenvalue weighted by molar-refractivity contribution is 0.565. The Morgan fingerprint density at radius 1 is 1.31 bits per heavy atom. The van der Waals surface area contributed by atoms with Gasteiger partial charge in [-0.1, -0.05) is 12.2 Å². The lowest BCUT2D eigenvalue weighted by atomic mass is 9.90. The third-order valence-corrected chi connectivity index (χ3v) is 3.78. The van der Waals surface area contributed by atoms with Crippen LogP contribution in [0.3, 0.4) is 0 Å². The molecule has 1 fully saturated rings. The average molecular weight is 215 g/mol. The summed E-state index contributed by atoms with van der Waals surface area (Å²) in [6.07, 6.45) is 7.28. The van der Waals surface area contributed by atoms with E-state index in [2.05, 4.69) is 28.2 Å². The summed E-state index contributed by atoms with van der Waals surface area (Å²) in [5, 5.41) is 0. The van der Waals surface area contributed by atoms with Gasteiger partial charge in [0.15, 0.2) is 0 Å². The van der Waals surface area contributed by atoms with Gasteiger partial charge >= 0.3 is 0 Å². The van der Waals surface area contributed by atoms with Gasteiger partial charge in [0.1, 0.15) is 5.82 Å². The molecule has 3 heteroatoms. The summed E-state index contributed by atoms with van der Waals surface area (Å²) in [6, 6.07) is 2.09. The Morgan fingerprint density at radius 2 is 2.19 bits per heavy atom. The highest BCUT2D eigenvalue weighted by Gasteiger charge is 2.37. The largest absolute Gasteiger partial charge is 0.325 e. The smallest absolute Gasteiger partial charge is 0.125 e. The maximum Gasteiger partial charge on any atom is 0.125 e. The van der Waals surface area contributed by atoms with Crippen LogP contribution in [0, 0.1) is 18.8 Å². The Morgan fingerprint density at radius 3 is 2.81 bits per heavy atom. The summed E-state index contributed by atoms with van der Waals surface area (Å²) in [7, 11) is 0. The van der Waals surface area contributed by atoms with Crippen LogP contribution in [-0.2, 0) is 6.54 Å². The minimum Gasteiger partial charge on any atom is -0.325 e. The van der Waals surface area contributed by atoms with Crippen molar-refractivity contribution in [3.05, 3.63) is 35.4 Å². The molecule has 3 unspecified atom stereocenters. The van der Waals surface area contributed by atoms with Crippen molar-refractivity contribution in [1.82, 2.24) is 9.97 Å². The Hall–Kier alpha value is -1.22. The first kappa shape index (κ1) is 9.97. The molecule has 84 valence electrons. The Bertz CT molecular complexity index is 439. The summed E-state index contributed by atoms with van der Waals surface area (Å²) in [5.74, 6) is 2.93. The molecule has 1 saturated carbocycles. The van der Waals surface area contributed by atoms with Crippen molar-refractivity contribution in [3.63, 3.8) is 0 Å². The van der Waals surface area contributed by atoms with Gasteiger partial charge in [-0.15, -0.1) is 0 Å². The zero-order valence-electron chi connectivity index (χ0n) is 9.56.